The van der Waals surface area contributed by atoms with Gasteiger partial charge in [0.15, 0.2) is 6.10 Å². The molecule has 0 fully saturated rings. The van der Waals surface area contributed by atoms with E-state index in [1.807, 2.05) is 6.07 Å². The molecule has 0 saturated heterocycles. The summed E-state index contributed by atoms with van der Waals surface area (Å²) in [6, 6.07) is 1.83. The summed E-state index contributed by atoms with van der Waals surface area (Å²) in [5, 5.41) is 12.0. The van der Waals surface area contributed by atoms with Crippen molar-refractivity contribution in [2.24, 2.45) is 0 Å². The van der Waals surface area contributed by atoms with E-state index in [2.05, 4.69) is 9.69 Å². The van der Waals surface area contributed by atoms with E-state index in [1.165, 1.54) is 18.5 Å². The van der Waals surface area contributed by atoms with Crippen molar-refractivity contribution in [1.82, 2.24) is 4.37 Å². The molecule has 80 valence electrons. The number of aromatic nitrogens is 1. The molecule has 1 aromatic rings. The first kappa shape index (κ1) is 11.5. The van der Waals surface area contributed by atoms with Gasteiger partial charge in [0, 0.05) is 7.05 Å². The molecule has 0 aliphatic heterocycles. The quantitative estimate of drug-likeness (QED) is 0.790. The number of nitriles is 1. The standard InChI is InChI=1S/C9H11N3O2S/c1-5(4-10)14-9(13)7-6(2)12-15-8(7)11-3/h5,11H,1-3H3. The fraction of sp³-hybridized carbons (Fsp3) is 0.444. The van der Waals surface area contributed by atoms with Gasteiger partial charge in [0.05, 0.1) is 5.69 Å². The van der Waals surface area contributed by atoms with Gasteiger partial charge in [-0.1, -0.05) is 0 Å². The molecular weight excluding hydrogens is 214 g/mol. The van der Waals surface area contributed by atoms with Crippen LogP contribution in [0.5, 0.6) is 0 Å². The highest BCUT2D eigenvalue weighted by molar-refractivity contribution is 7.10. The van der Waals surface area contributed by atoms with Crippen molar-refractivity contribution in [2.75, 3.05) is 12.4 Å². The van der Waals surface area contributed by atoms with Crippen LogP contribution in [-0.2, 0) is 4.74 Å². The lowest BCUT2D eigenvalue weighted by molar-refractivity contribution is 0.0436. The Morgan fingerprint density at radius 1 is 1.73 bits per heavy atom. The van der Waals surface area contributed by atoms with Gasteiger partial charge in [-0.25, -0.2) is 4.79 Å². The molecule has 0 radical (unpaired) electrons. The van der Waals surface area contributed by atoms with Gasteiger partial charge in [-0.3, -0.25) is 0 Å². The van der Waals surface area contributed by atoms with Gasteiger partial charge >= 0.3 is 5.97 Å². The zero-order chi connectivity index (χ0) is 11.4. The van der Waals surface area contributed by atoms with Crippen molar-refractivity contribution in [3.05, 3.63) is 11.3 Å². The first-order chi connectivity index (χ1) is 7.10. The number of nitrogens with zero attached hydrogens (tertiary/aromatic N) is 2. The van der Waals surface area contributed by atoms with Crippen LogP contribution in [0.4, 0.5) is 5.00 Å². The first-order valence-corrected chi connectivity index (χ1v) is 5.12. The molecule has 0 aromatic carbocycles. The lowest BCUT2D eigenvalue weighted by Crippen LogP contribution is -2.14. The molecule has 0 amide bonds. The summed E-state index contributed by atoms with van der Waals surface area (Å²) in [5.41, 5.74) is 1.02. The van der Waals surface area contributed by atoms with Crippen LogP contribution in [0.1, 0.15) is 23.0 Å². The summed E-state index contributed by atoms with van der Waals surface area (Å²) >= 11 is 1.19. The average Bonchev–Trinajstić information content (AvgIpc) is 2.59. The van der Waals surface area contributed by atoms with Crippen LogP contribution < -0.4 is 5.32 Å². The summed E-state index contributed by atoms with van der Waals surface area (Å²) in [6.45, 7) is 3.25. The highest BCUT2D eigenvalue weighted by Crippen LogP contribution is 2.24. The van der Waals surface area contributed by atoms with Gasteiger partial charge in [0.2, 0.25) is 0 Å². The average molecular weight is 225 g/mol. The number of esters is 1. The zero-order valence-electron chi connectivity index (χ0n) is 8.70. The third kappa shape index (κ3) is 2.44. The second-order valence-electron chi connectivity index (χ2n) is 2.90. The monoisotopic (exact) mass is 225 g/mol. The highest BCUT2D eigenvalue weighted by Gasteiger charge is 2.20. The minimum absolute atomic E-state index is 0.407. The Morgan fingerprint density at radius 3 is 2.93 bits per heavy atom. The maximum Gasteiger partial charge on any atom is 0.344 e. The van der Waals surface area contributed by atoms with Crippen LogP contribution in [0.2, 0.25) is 0 Å². The Balaban J connectivity index is 2.91. The second-order valence-corrected chi connectivity index (χ2v) is 3.67. The fourth-order valence-corrected chi connectivity index (χ4v) is 1.76. The first-order valence-electron chi connectivity index (χ1n) is 4.34. The number of rotatable bonds is 3. The molecule has 0 bridgehead atoms. The molecule has 1 rings (SSSR count). The summed E-state index contributed by atoms with van der Waals surface area (Å²) < 4.78 is 8.93. The number of nitrogens with one attached hydrogen (secondary N) is 1. The molecule has 1 heterocycles. The Bertz CT molecular complexity index is 408. The molecule has 1 N–H and O–H groups in total. The normalized spacial score (nSPS) is 11.6. The molecule has 0 aliphatic carbocycles. The van der Waals surface area contributed by atoms with Crippen LogP contribution in [0.25, 0.3) is 0 Å². The van der Waals surface area contributed by atoms with E-state index in [-0.39, 0.29) is 0 Å². The molecule has 6 heteroatoms. The van der Waals surface area contributed by atoms with Crippen molar-refractivity contribution in [2.45, 2.75) is 20.0 Å². The van der Waals surface area contributed by atoms with E-state index in [4.69, 9.17) is 10.00 Å². The molecule has 1 atom stereocenters. The Hall–Kier alpha value is -1.61. The van der Waals surface area contributed by atoms with Gasteiger partial charge in [0.1, 0.15) is 16.6 Å². The van der Waals surface area contributed by atoms with Crippen LogP contribution in [0.15, 0.2) is 0 Å². The Morgan fingerprint density at radius 2 is 2.40 bits per heavy atom. The lowest BCUT2D eigenvalue weighted by Gasteiger charge is -2.06. The van der Waals surface area contributed by atoms with E-state index in [1.54, 1.807) is 14.0 Å². The smallest absolute Gasteiger partial charge is 0.344 e. The van der Waals surface area contributed by atoms with Crippen molar-refractivity contribution in [3.63, 3.8) is 0 Å². The van der Waals surface area contributed by atoms with E-state index >= 15 is 0 Å². The molecule has 5 nitrogen and oxygen atoms in total. The largest absolute Gasteiger partial charge is 0.444 e. The lowest BCUT2D eigenvalue weighted by atomic mass is 10.2. The summed E-state index contributed by atoms with van der Waals surface area (Å²) in [6.07, 6.45) is -0.749. The Labute approximate surface area is 91.8 Å². The van der Waals surface area contributed by atoms with Gasteiger partial charge in [-0.15, -0.1) is 0 Å². The third-order valence-corrected chi connectivity index (χ3v) is 2.72. The maximum atomic E-state index is 11.6. The van der Waals surface area contributed by atoms with E-state index in [0.717, 1.165) is 0 Å². The summed E-state index contributed by atoms with van der Waals surface area (Å²) in [4.78, 5) is 11.6. The number of ether oxygens (including phenoxy) is 1. The summed E-state index contributed by atoms with van der Waals surface area (Å²) in [7, 11) is 1.71. The van der Waals surface area contributed by atoms with Crippen molar-refractivity contribution >= 4 is 22.5 Å². The molecule has 1 aromatic heterocycles. The number of aryl methyl sites for hydroxylation is 1. The number of anilines is 1. The Kier molecular flexibility index (Phi) is 3.63. The predicted molar refractivity (Wildman–Crippen MR) is 56.9 cm³/mol. The van der Waals surface area contributed by atoms with Crippen LogP contribution >= 0.6 is 11.5 Å². The minimum atomic E-state index is -0.749. The van der Waals surface area contributed by atoms with E-state index in [0.29, 0.717) is 16.3 Å². The molecular formula is C9H11N3O2S. The zero-order valence-corrected chi connectivity index (χ0v) is 9.51. The molecule has 0 spiro atoms. The number of carbonyl (C=O) groups is 1. The molecule has 0 aliphatic rings. The molecule has 15 heavy (non-hydrogen) atoms. The minimum Gasteiger partial charge on any atom is -0.444 e. The second kappa shape index (κ2) is 4.75. The van der Waals surface area contributed by atoms with Crippen LogP contribution in [0.3, 0.4) is 0 Å². The maximum absolute atomic E-state index is 11.6. The number of hydrogen-bond donors (Lipinski definition) is 1. The van der Waals surface area contributed by atoms with Crippen molar-refractivity contribution < 1.29 is 9.53 Å². The number of carbonyl (C=O) groups excluding carboxylic acids is 1. The van der Waals surface area contributed by atoms with Gasteiger partial charge < -0.3 is 10.1 Å². The number of hydrogen-bond acceptors (Lipinski definition) is 6. The fourth-order valence-electron chi connectivity index (χ4n) is 1.03. The topological polar surface area (TPSA) is 75.0 Å². The van der Waals surface area contributed by atoms with Crippen LogP contribution in [0, 0.1) is 18.3 Å². The molecule has 0 saturated carbocycles. The summed E-state index contributed by atoms with van der Waals surface area (Å²) in [5.74, 6) is -0.514. The van der Waals surface area contributed by atoms with Gasteiger partial charge in [-0.2, -0.15) is 9.64 Å². The van der Waals surface area contributed by atoms with E-state index < -0.39 is 12.1 Å². The van der Waals surface area contributed by atoms with E-state index in [9.17, 15) is 4.79 Å². The van der Waals surface area contributed by atoms with Crippen molar-refractivity contribution in [3.8, 4) is 6.07 Å². The predicted octanol–water partition coefficient (Wildman–Crippen LogP) is 1.56. The third-order valence-electron chi connectivity index (χ3n) is 1.76. The van der Waals surface area contributed by atoms with Crippen molar-refractivity contribution in [1.29, 1.82) is 5.26 Å². The highest BCUT2D eigenvalue weighted by atomic mass is 32.1. The molecule has 1 unspecified atom stereocenters. The van der Waals surface area contributed by atoms with Gasteiger partial charge in [-0.05, 0) is 25.4 Å². The van der Waals surface area contributed by atoms with Crippen LogP contribution in [-0.4, -0.2) is 23.5 Å². The SMILES string of the molecule is CNc1snc(C)c1C(=O)OC(C)C#N. The van der Waals surface area contributed by atoms with Gasteiger partial charge in [0.25, 0.3) is 0 Å².